The largest absolute Gasteiger partial charge is 0.480 e. The van der Waals surface area contributed by atoms with Gasteiger partial charge in [0.05, 0.1) is 4.92 Å². The molecule has 1 saturated carbocycles. The summed E-state index contributed by atoms with van der Waals surface area (Å²) in [4.78, 5) is 21.7. The minimum atomic E-state index is -0.928. The van der Waals surface area contributed by atoms with Crippen LogP contribution < -0.4 is 5.32 Å². The van der Waals surface area contributed by atoms with E-state index in [1.54, 1.807) is 19.1 Å². The van der Waals surface area contributed by atoms with Gasteiger partial charge in [-0.2, -0.15) is 0 Å². The molecule has 1 aliphatic rings. The average Bonchev–Trinajstić information content (AvgIpc) is 2.78. The lowest BCUT2D eigenvalue weighted by Gasteiger charge is -2.26. The number of nitro groups is 1. The van der Waals surface area contributed by atoms with Gasteiger partial charge in [0, 0.05) is 17.3 Å². The van der Waals surface area contributed by atoms with Crippen molar-refractivity contribution in [1.29, 1.82) is 0 Å². The van der Waals surface area contributed by atoms with Crippen molar-refractivity contribution in [2.24, 2.45) is 0 Å². The number of anilines is 1. The molecule has 0 atom stereocenters. The second kappa shape index (κ2) is 4.87. The first-order valence-electron chi connectivity index (χ1n) is 6.21. The molecule has 2 N–H and O–H groups in total. The van der Waals surface area contributed by atoms with E-state index in [-0.39, 0.29) is 5.69 Å². The maximum atomic E-state index is 11.4. The van der Waals surface area contributed by atoms with Gasteiger partial charge in [0.2, 0.25) is 0 Å². The van der Waals surface area contributed by atoms with Crippen LogP contribution in [0.25, 0.3) is 0 Å². The quantitative estimate of drug-likeness (QED) is 0.644. The molecule has 19 heavy (non-hydrogen) atoms. The van der Waals surface area contributed by atoms with Crippen molar-refractivity contribution in [2.75, 3.05) is 5.32 Å². The molecule has 102 valence electrons. The summed E-state index contributed by atoms with van der Waals surface area (Å²) in [6.07, 6.45) is 2.92. The van der Waals surface area contributed by atoms with E-state index in [2.05, 4.69) is 5.32 Å². The highest BCUT2D eigenvalue weighted by Gasteiger charge is 2.41. The van der Waals surface area contributed by atoms with Crippen molar-refractivity contribution in [3.63, 3.8) is 0 Å². The second-order valence-electron chi connectivity index (χ2n) is 4.98. The molecule has 0 radical (unpaired) electrons. The number of nitrogens with one attached hydrogen (secondary N) is 1. The number of nitrogens with zero attached hydrogens (tertiary/aromatic N) is 1. The molecule has 0 aliphatic heterocycles. The van der Waals surface area contributed by atoms with Crippen LogP contribution in [0.15, 0.2) is 18.2 Å². The Morgan fingerprint density at radius 2 is 2.05 bits per heavy atom. The fourth-order valence-corrected chi connectivity index (χ4v) is 2.59. The first-order valence-corrected chi connectivity index (χ1v) is 6.21. The topological polar surface area (TPSA) is 92.5 Å². The van der Waals surface area contributed by atoms with Crippen LogP contribution in [0.3, 0.4) is 0 Å². The molecule has 6 heteroatoms. The zero-order valence-corrected chi connectivity index (χ0v) is 10.7. The standard InChI is InChI=1S/C13H16N2O4/c1-9-8-10(4-5-11(9)15(18)19)14-13(12(16)17)6-2-3-7-13/h4-5,8,14H,2-3,6-7H2,1H3,(H,16,17). The maximum absolute atomic E-state index is 11.4. The molecular weight excluding hydrogens is 248 g/mol. The molecule has 6 nitrogen and oxygen atoms in total. The Bertz CT molecular complexity index is 521. The lowest BCUT2D eigenvalue weighted by molar-refractivity contribution is -0.385. The van der Waals surface area contributed by atoms with Crippen LogP contribution in [0.4, 0.5) is 11.4 Å². The average molecular weight is 264 g/mol. The van der Waals surface area contributed by atoms with Gasteiger partial charge in [0.15, 0.2) is 0 Å². The molecule has 0 saturated heterocycles. The fourth-order valence-electron chi connectivity index (χ4n) is 2.59. The van der Waals surface area contributed by atoms with E-state index < -0.39 is 16.4 Å². The molecule has 1 aliphatic carbocycles. The third-order valence-electron chi connectivity index (χ3n) is 3.64. The summed E-state index contributed by atoms with van der Waals surface area (Å²) in [5.41, 5.74) is 0.255. The number of carbonyl (C=O) groups is 1. The van der Waals surface area contributed by atoms with Gasteiger partial charge in [-0.1, -0.05) is 12.8 Å². The highest BCUT2D eigenvalue weighted by Crippen LogP contribution is 2.34. The predicted molar refractivity (Wildman–Crippen MR) is 70.3 cm³/mol. The van der Waals surface area contributed by atoms with Crippen LogP contribution >= 0.6 is 0 Å². The summed E-state index contributed by atoms with van der Waals surface area (Å²) in [5.74, 6) is -0.860. The van der Waals surface area contributed by atoms with Crippen molar-refractivity contribution in [3.05, 3.63) is 33.9 Å². The van der Waals surface area contributed by atoms with Crippen molar-refractivity contribution in [3.8, 4) is 0 Å². The summed E-state index contributed by atoms with van der Waals surface area (Å²) in [5, 5.41) is 23.1. The summed E-state index contributed by atoms with van der Waals surface area (Å²) in [7, 11) is 0. The van der Waals surface area contributed by atoms with E-state index in [1.807, 2.05) is 0 Å². The van der Waals surface area contributed by atoms with Crippen LogP contribution in [0.5, 0.6) is 0 Å². The van der Waals surface area contributed by atoms with Crippen LogP contribution in [0.1, 0.15) is 31.2 Å². The Balaban J connectivity index is 2.26. The monoisotopic (exact) mass is 264 g/mol. The Morgan fingerprint density at radius 3 is 2.53 bits per heavy atom. The van der Waals surface area contributed by atoms with Crippen LogP contribution in [-0.2, 0) is 4.79 Å². The molecule has 0 heterocycles. The SMILES string of the molecule is Cc1cc(NC2(C(=O)O)CCCC2)ccc1[N+](=O)[O-]. The lowest BCUT2D eigenvalue weighted by atomic mass is 9.97. The van der Waals surface area contributed by atoms with Crippen LogP contribution in [-0.4, -0.2) is 21.5 Å². The van der Waals surface area contributed by atoms with E-state index in [9.17, 15) is 20.0 Å². The number of hydrogen-bond acceptors (Lipinski definition) is 4. The normalized spacial score (nSPS) is 17.1. The minimum absolute atomic E-state index is 0.0429. The molecular formula is C13H16N2O4. The number of carboxylic acid groups (broad SMARTS) is 1. The summed E-state index contributed by atoms with van der Waals surface area (Å²) in [6, 6.07) is 4.59. The predicted octanol–water partition coefficient (Wildman–Crippen LogP) is 2.71. The number of aryl methyl sites for hydroxylation is 1. The Kier molecular flexibility index (Phi) is 3.42. The number of aliphatic carboxylic acids is 1. The summed E-state index contributed by atoms with van der Waals surface area (Å²) in [6.45, 7) is 1.64. The lowest BCUT2D eigenvalue weighted by Crippen LogP contribution is -2.43. The molecule has 0 aromatic heterocycles. The first kappa shape index (κ1) is 13.3. The minimum Gasteiger partial charge on any atom is -0.480 e. The van der Waals surface area contributed by atoms with Crippen molar-refractivity contribution < 1.29 is 14.8 Å². The van der Waals surface area contributed by atoms with Gasteiger partial charge in [0.1, 0.15) is 5.54 Å². The Labute approximate surface area is 110 Å². The molecule has 0 unspecified atom stereocenters. The van der Waals surface area contributed by atoms with Gasteiger partial charge >= 0.3 is 5.97 Å². The van der Waals surface area contributed by atoms with Gasteiger partial charge in [-0.3, -0.25) is 10.1 Å². The zero-order valence-electron chi connectivity index (χ0n) is 10.7. The van der Waals surface area contributed by atoms with Crippen LogP contribution in [0.2, 0.25) is 0 Å². The van der Waals surface area contributed by atoms with Crippen molar-refractivity contribution >= 4 is 17.3 Å². The van der Waals surface area contributed by atoms with Gasteiger partial charge in [-0.25, -0.2) is 4.79 Å². The Morgan fingerprint density at radius 1 is 1.42 bits per heavy atom. The van der Waals surface area contributed by atoms with Gasteiger partial charge in [-0.05, 0) is 31.9 Å². The third kappa shape index (κ3) is 2.52. The number of benzene rings is 1. The van der Waals surface area contributed by atoms with E-state index in [4.69, 9.17) is 0 Å². The van der Waals surface area contributed by atoms with Crippen molar-refractivity contribution in [1.82, 2.24) is 0 Å². The highest BCUT2D eigenvalue weighted by molar-refractivity contribution is 5.83. The smallest absolute Gasteiger partial charge is 0.329 e. The molecule has 0 bridgehead atoms. The Hall–Kier alpha value is -2.11. The molecule has 0 amide bonds. The van der Waals surface area contributed by atoms with Gasteiger partial charge in [0.25, 0.3) is 5.69 Å². The molecule has 1 aromatic rings. The van der Waals surface area contributed by atoms with Crippen LogP contribution in [0, 0.1) is 17.0 Å². The van der Waals surface area contributed by atoms with E-state index >= 15 is 0 Å². The summed E-state index contributed by atoms with van der Waals surface area (Å²) >= 11 is 0. The first-order chi connectivity index (χ1) is 8.94. The van der Waals surface area contributed by atoms with E-state index in [0.717, 1.165) is 12.8 Å². The molecule has 0 spiro atoms. The van der Waals surface area contributed by atoms with E-state index in [1.165, 1.54) is 6.07 Å². The van der Waals surface area contributed by atoms with Gasteiger partial charge in [-0.15, -0.1) is 0 Å². The number of carboxylic acids is 1. The molecule has 1 fully saturated rings. The van der Waals surface area contributed by atoms with Crippen molar-refractivity contribution in [2.45, 2.75) is 38.1 Å². The maximum Gasteiger partial charge on any atom is 0.329 e. The summed E-state index contributed by atoms with van der Waals surface area (Å²) < 4.78 is 0. The second-order valence-corrected chi connectivity index (χ2v) is 4.98. The van der Waals surface area contributed by atoms with Gasteiger partial charge < -0.3 is 10.4 Å². The number of hydrogen-bond donors (Lipinski definition) is 2. The highest BCUT2D eigenvalue weighted by atomic mass is 16.6. The molecule has 1 aromatic carbocycles. The zero-order chi connectivity index (χ0) is 14.0. The van der Waals surface area contributed by atoms with E-state index in [0.29, 0.717) is 24.1 Å². The number of rotatable bonds is 4. The fraction of sp³-hybridized carbons (Fsp3) is 0.462. The third-order valence-corrected chi connectivity index (χ3v) is 3.64. The molecule has 2 rings (SSSR count). The number of nitro benzene ring substituents is 1.